The average molecular weight is 460 g/mol. The van der Waals surface area contributed by atoms with E-state index in [0.717, 1.165) is 51.8 Å². The zero-order valence-electron chi connectivity index (χ0n) is 18.8. The van der Waals surface area contributed by atoms with Gasteiger partial charge in [0.25, 0.3) is 0 Å². The molecule has 0 aliphatic heterocycles. The van der Waals surface area contributed by atoms with Crippen molar-refractivity contribution in [2.45, 2.75) is 19.4 Å². The minimum absolute atomic E-state index is 0.0428. The van der Waals surface area contributed by atoms with Gasteiger partial charge in [0.1, 0.15) is 0 Å². The van der Waals surface area contributed by atoms with Crippen LogP contribution in [0.1, 0.15) is 39.4 Å². The van der Waals surface area contributed by atoms with Crippen molar-refractivity contribution in [2.24, 2.45) is 0 Å². The molecular weight excluding hydrogens is 438 g/mol. The number of carbonyl (C=O) groups is 1. The Labute approximate surface area is 201 Å². The summed E-state index contributed by atoms with van der Waals surface area (Å²) >= 11 is 0. The lowest BCUT2D eigenvalue weighted by Gasteiger charge is -2.12. The minimum atomic E-state index is -0.400. The third-order valence-corrected chi connectivity index (χ3v) is 6.15. The first-order chi connectivity index (χ1) is 17.3. The number of pyridine rings is 1. The molecule has 0 saturated carbocycles. The summed E-state index contributed by atoms with van der Waals surface area (Å²) in [6.45, 7) is -0.0428. The number of rotatable bonds is 5. The van der Waals surface area contributed by atoms with Gasteiger partial charge < -0.3 is 4.74 Å². The van der Waals surface area contributed by atoms with Gasteiger partial charge in [-0.15, -0.1) is 5.10 Å². The Morgan fingerprint density at radius 2 is 1.66 bits per heavy atom. The lowest BCUT2D eigenvalue weighted by molar-refractivity contribution is 0.0460. The van der Waals surface area contributed by atoms with Crippen LogP contribution in [0.5, 0.6) is 0 Å². The molecule has 0 N–H and O–H groups in total. The predicted molar refractivity (Wildman–Crippen MR) is 133 cm³/mol. The van der Waals surface area contributed by atoms with Crippen LogP contribution in [0.15, 0.2) is 84.9 Å². The van der Waals surface area contributed by atoms with E-state index in [2.05, 4.69) is 33.7 Å². The average Bonchev–Trinajstić information content (AvgIpc) is 3.54. The number of nitrogens with zero attached hydrogens (tertiary/aromatic N) is 5. The Hall–Kier alpha value is -4.65. The van der Waals surface area contributed by atoms with Crippen molar-refractivity contribution in [3.63, 3.8) is 0 Å². The number of carbonyl (C=O) groups excluding carboxylic acids is 1. The van der Waals surface area contributed by atoms with Gasteiger partial charge in [-0.25, -0.2) is 9.78 Å². The predicted octanol–water partition coefficient (Wildman–Crippen LogP) is 5.05. The van der Waals surface area contributed by atoms with Gasteiger partial charge in [-0.05, 0) is 64.2 Å². The molecule has 170 valence electrons. The first-order valence-electron chi connectivity index (χ1n) is 11.5. The van der Waals surface area contributed by atoms with Crippen molar-refractivity contribution < 1.29 is 9.53 Å². The Balaban J connectivity index is 1.36. The Morgan fingerprint density at radius 3 is 2.49 bits per heavy atom. The van der Waals surface area contributed by atoms with Crippen molar-refractivity contribution in [3.8, 4) is 5.69 Å². The number of para-hydroxylation sites is 2. The second kappa shape index (κ2) is 8.95. The molecule has 1 aliphatic carbocycles. The number of benzene rings is 3. The molecule has 0 atom stereocenters. The summed E-state index contributed by atoms with van der Waals surface area (Å²) in [5.41, 5.74) is 6.18. The molecule has 6 rings (SSSR count). The highest BCUT2D eigenvalue weighted by atomic mass is 16.5. The summed E-state index contributed by atoms with van der Waals surface area (Å²) < 4.78 is 7.34. The van der Waals surface area contributed by atoms with Crippen molar-refractivity contribution >= 4 is 28.5 Å². The van der Waals surface area contributed by atoms with E-state index < -0.39 is 5.97 Å². The SMILES string of the molecule is O=C(OCc1nnnn1-c1ccccc1)c1c2c(nc3ccccc13)/C(=C/c1ccccc1)CC2. The fourth-order valence-corrected chi connectivity index (χ4v) is 4.53. The zero-order valence-corrected chi connectivity index (χ0v) is 18.8. The van der Waals surface area contributed by atoms with Gasteiger partial charge in [0.2, 0.25) is 0 Å². The first-order valence-corrected chi connectivity index (χ1v) is 11.5. The maximum absolute atomic E-state index is 13.5. The molecule has 2 heterocycles. The quantitative estimate of drug-likeness (QED) is 0.342. The van der Waals surface area contributed by atoms with E-state index in [1.54, 1.807) is 4.68 Å². The van der Waals surface area contributed by atoms with E-state index in [1.807, 2.05) is 72.8 Å². The summed E-state index contributed by atoms with van der Waals surface area (Å²) in [5.74, 6) is 0.0487. The van der Waals surface area contributed by atoms with Gasteiger partial charge in [0, 0.05) is 5.39 Å². The fraction of sp³-hybridized carbons (Fsp3) is 0.107. The van der Waals surface area contributed by atoms with Gasteiger partial charge in [-0.3, -0.25) is 0 Å². The van der Waals surface area contributed by atoms with Crippen molar-refractivity contribution in [3.05, 3.63) is 113 Å². The van der Waals surface area contributed by atoms with Crippen LogP contribution in [0.4, 0.5) is 0 Å². The van der Waals surface area contributed by atoms with E-state index in [1.165, 1.54) is 0 Å². The van der Waals surface area contributed by atoms with E-state index in [0.29, 0.717) is 11.4 Å². The molecule has 0 fully saturated rings. The highest BCUT2D eigenvalue weighted by Crippen LogP contribution is 2.37. The number of fused-ring (bicyclic) bond motifs is 2. The van der Waals surface area contributed by atoms with Crippen LogP contribution >= 0.6 is 0 Å². The molecule has 3 aromatic carbocycles. The molecule has 0 amide bonds. The molecule has 0 bridgehead atoms. The van der Waals surface area contributed by atoms with Crippen molar-refractivity contribution in [1.29, 1.82) is 0 Å². The zero-order chi connectivity index (χ0) is 23.6. The number of tetrazole rings is 1. The summed E-state index contributed by atoms with van der Waals surface area (Å²) in [6, 6.07) is 27.4. The number of hydrogen-bond acceptors (Lipinski definition) is 6. The summed E-state index contributed by atoms with van der Waals surface area (Å²) in [7, 11) is 0. The third kappa shape index (κ3) is 3.97. The standard InChI is InChI=1S/C28H21N5O2/c34-28(35-18-25-30-31-32-33(25)21-11-5-2-6-12-21)26-22-13-7-8-14-24(22)29-27-20(15-16-23(26)27)17-19-9-3-1-4-10-19/h1-14,17H,15-16,18H2/b20-17+. The number of aromatic nitrogens is 5. The fourth-order valence-electron chi connectivity index (χ4n) is 4.53. The highest BCUT2D eigenvalue weighted by molar-refractivity contribution is 6.07. The van der Waals surface area contributed by atoms with Crippen LogP contribution in [-0.4, -0.2) is 31.2 Å². The number of allylic oxidation sites excluding steroid dienone is 1. The normalized spacial score (nSPS) is 13.8. The third-order valence-electron chi connectivity index (χ3n) is 6.15. The van der Waals surface area contributed by atoms with Crippen LogP contribution < -0.4 is 0 Å². The van der Waals surface area contributed by atoms with Crippen LogP contribution in [-0.2, 0) is 17.8 Å². The number of ether oxygens (including phenoxy) is 1. The molecule has 2 aromatic heterocycles. The van der Waals surface area contributed by atoms with Crippen molar-refractivity contribution in [1.82, 2.24) is 25.2 Å². The second-order valence-corrected chi connectivity index (χ2v) is 8.33. The van der Waals surface area contributed by atoms with Gasteiger partial charge in [-0.2, -0.15) is 4.68 Å². The molecule has 5 aromatic rings. The van der Waals surface area contributed by atoms with E-state index in [4.69, 9.17) is 9.72 Å². The van der Waals surface area contributed by atoms with E-state index in [-0.39, 0.29) is 6.61 Å². The summed E-state index contributed by atoms with van der Waals surface area (Å²) in [6.07, 6.45) is 3.70. The van der Waals surface area contributed by atoms with Gasteiger partial charge in [0.15, 0.2) is 12.4 Å². The lowest BCUT2D eigenvalue weighted by atomic mass is 10.0. The summed E-state index contributed by atoms with van der Waals surface area (Å²) in [4.78, 5) is 18.4. The molecule has 1 aliphatic rings. The van der Waals surface area contributed by atoms with E-state index in [9.17, 15) is 4.79 Å². The van der Waals surface area contributed by atoms with Crippen LogP contribution in [0.3, 0.4) is 0 Å². The number of esters is 1. The first kappa shape index (κ1) is 20.9. The monoisotopic (exact) mass is 459 g/mol. The highest BCUT2D eigenvalue weighted by Gasteiger charge is 2.28. The molecule has 0 radical (unpaired) electrons. The molecule has 0 unspecified atom stereocenters. The minimum Gasteiger partial charge on any atom is -0.454 e. The molecule has 7 nitrogen and oxygen atoms in total. The summed E-state index contributed by atoms with van der Waals surface area (Å²) in [5, 5.41) is 12.6. The van der Waals surface area contributed by atoms with Gasteiger partial charge >= 0.3 is 5.97 Å². The van der Waals surface area contributed by atoms with Crippen LogP contribution in [0.25, 0.3) is 28.2 Å². The maximum Gasteiger partial charge on any atom is 0.339 e. The van der Waals surface area contributed by atoms with Gasteiger partial charge in [-0.1, -0.05) is 66.7 Å². The smallest absolute Gasteiger partial charge is 0.339 e. The maximum atomic E-state index is 13.5. The Kier molecular flexibility index (Phi) is 5.35. The Morgan fingerprint density at radius 1 is 0.914 bits per heavy atom. The van der Waals surface area contributed by atoms with Crippen molar-refractivity contribution in [2.75, 3.05) is 0 Å². The largest absolute Gasteiger partial charge is 0.454 e. The Bertz CT molecular complexity index is 1560. The second-order valence-electron chi connectivity index (χ2n) is 8.33. The molecule has 0 saturated heterocycles. The molecular formula is C28H21N5O2. The van der Waals surface area contributed by atoms with Crippen LogP contribution in [0.2, 0.25) is 0 Å². The lowest BCUT2D eigenvalue weighted by Crippen LogP contribution is -2.13. The van der Waals surface area contributed by atoms with E-state index >= 15 is 0 Å². The number of hydrogen-bond donors (Lipinski definition) is 0. The molecule has 7 heteroatoms. The molecule has 35 heavy (non-hydrogen) atoms. The molecule has 0 spiro atoms. The van der Waals surface area contributed by atoms with Crippen LogP contribution in [0, 0.1) is 0 Å². The topological polar surface area (TPSA) is 82.8 Å². The van der Waals surface area contributed by atoms with Gasteiger partial charge in [0.05, 0.1) is 22.5 Å².